The van der Waals surface area contributed by atoms with E-state index >= 15 is 0 Å². The minimum absolute atomic E-state index is 0.264. The summed E-state index contributed by atoms with van der Waals surface area (Å²) in [6.07, 6.45) is 10.3. The lowest BCUT2D eigenvalue weighted by Gasteiger charge is -2.17. The molecule has 0 heterocycles. The predicted molar refractivity (Wildman–Crippen MR) is 143 cm³/mol. The van der Waals surface area contributed by atoms with E-state index in [-0.39, 0.29) is 13.2 Å². The van der Waals surface area contributed by atoms with E-state index in [4.69, 9.17) is 18.9 Å². The number of unbranched alkanes of at least 4 members (excludes halogenated alkanes) is 2. The van der Waals surface area contributed by atoms with Gasteiger partial charge in [0.05, 0.1) is 13.2 Å². The van der Waals surface area contributed by atoms with Crippen molar-refractivity contribution in [2.24, 2.45) is 0 Å². The Morgan fingerprint density at radius 2 is 1.22 bits per heavy atom. The van der Waals surface area contributed by atoms with Crippen molar-refractivity contribution in [2.75, 3.05) is 13.2 Å². The molecule has 0 aromatic heterocycles. The molecule has 0 unspecified atom stereocenters. The first kappa shape index (κ1) is 26.8. The van der Waals surface area contributed by atoms with E-state index in [0.717, 1.165) is 24.8 Å². The molecule has 0 saturated carbocycles. The number of carbonyl (C=O) groups is 2. The molecule has 3 aromatic carbocycles. The molecule has 3 rings (SSSR count). The highest BCUT2D eigenvalue weighted by Crippen LogP contribution is 2.43. The van der Waals surface area contributed by atoms with Gasteiger partial charge in [0.1, 0.15) is 11.5 Å². The van der Waals surface area contributed by atoms with E-state index in [1.807, 2.05) is 87.5 Å². The van der Waals surface area contributed by atoms with Crippen molar-refractivity contribution in [3.63, 3.8) is 0 Å². The number of rotatable bonds is 11. The van der Waals surface area contributed by atoms with Gasteiger partial charge >= 0.3 is 12.3 Å². The number of hydrogen-bond acceptors (Lipinski definition) is 6. The van der Waals surface area contributed by atoms with Crippen LogP contribution in [0.25, 0.3) is 21.5 Å². The molecule has 0 radical (unpaired) electrons. The average molecular weight is 491 g/mol. The number of allylic oxidation sites excluding steroid dienone is 4. The fourth-order valence-corrected chi connectivity index (χ4v) is 3.86. The smallest absolute Gasteiger partial charge is 0.434 e. The quantitative estimate of drug-likeness (QED) is 0.0885. The van der Waals surface area contributed by atoms with Crippen LogP contribution in [0.5, 0.6) is 11.5 Å². The van der Waals surface area contributed by atoms with Crippen molar-refractivity contribution in [1.82, 2.24) is 0 Å². The normalized spacial score (nSPS) is 11.4. The Morgan fingerprint density at radius 3 is 1.72 bits per heavy atom. The Balaban J connectivity index is 1.94. The number of carbonyl (C=O) groups excluding carboxylic acids is 2. The van der Waals surface area contributed by atoms with Crippen molar-refractivity contribution >= 4 is 33.9 Å². The molecule has 6 heteroatoms. The summed E-state index contributed by atoms with van der Waals surface area (Å²) in [5.41, 5.74) is 1.06. The molecule has 190 valence electrons. The van der Waals surface area contributed by atoms with Crippen LogP contribution in [0.2, 0.25) is 0 Å². The highest BCUT2D eigenvalue weighted by Gasteiger charge is 2.21. The fraction of sp³-hybridized carbons (Fsp3) is 0.333. The first-order chi connectivity index (χ1) is 17.6. The Hall–Kier alpha value is -3.80. The largest absolute Gasteiger partial charge is 0.513 e. The maximum absolute atomic E-state index is 12.6. The molecular weight excluding hydrogens is 456 g/mol. The third-order valence-electron chi connectivity index (χ3n) is 5.71. The van der Waals surface area contributed by atoms with Crippen molar-refractivity contribution in [3.8, 4) is 11.5 Å². The van der Waals surface area contributed by atoms with Gasteiger partial charge in [-0.25, -0.2) is 9.59 Å². The van der Waals surface area contributed by atoms with Gasteiger partial charge in [-0.15, -0.1) is 0 Å². The molecule has 0 saturated heterocycles. The van der Waals surface area contributed by atoms with E-state index < -0.39 is 12.3 Å². The lowest BCUT2D eigenvalue weighted by Crippen LogP contribution is -2.14. The van der Waals surface area contributed by atoms with Crippen LogP contribution in [0.3, 0.4) is 0 Å². The fourth-order valence-electron chi connectivity index (χ4n) is 3.86. The molecular formula is C30H34O6. The first-order valence-electron chi connectivity index (χ1n) is 12.5. The number of benzene rings is 3. The van der Waals surface area contributed by atoms with Crippen molar-refractivity contribution < 1.29 is 28.5 Å². The summed E-state index contributed by atoms with van der Waals surface area (Å²) in [6.45, 7) is 6.48. The highest BCUT2D eigenvalue weighted by atomic mass is 16.7. The Morgan fingerprint density at radius 1 is 0.722 bits per heavy atom. The van der Waals surface area contributed by atoms with Gasteiger partial charge in [-0.05, 0) is 57.6 Å². The monoisotopic (exact) mass is 490 g/mol. The molecule has 0 bridgehead atoms. The highest BCUT2D eigenvalue weighted by molar-refractivity contribution is 6.12. The third-order valence-corrected chi connectivity index (χ3v) is 5.71. The zero-order valence-electron chi connectivity index (χ0n) is 21.3. The van der Waals surface area contributed by atoms with Crippen LogP contribution in [0, 0.1) is 0 Å². The summed E-state index contributed by atoms with van der Waals surface area (Å²) in [4.78, 5) is 25.1. The van der Waals surface area contributed by atoms with E-state index in [0.29, 0.717) is 45.9 Å². The lowest BCUT2D eigenvalue weighted by atomic mass is 9.98. The zero-order valence-corrected chi connectivity index (χ0v) is 21.3. The summed E-state index contributed by atoms with van der Waals surface area (Å²) in [5.74, 6) is 0.746. The summed E-state index contributed by atoms with van der Waals surface area (Å²) in [6, 6.07) is 13.1. The van der Waals surface area contributed by atoms with Crippen molar-refractivity contribution in [2.45, 2.75) is 52.9 Å². The SMILES string of the molecule is C/C=C/CCCOC(=O)Oc1c2ccccc2c(OC(=O)OCCC/C=C/C)c2cc(CC)ccc12. The number of fused-ring (bicyclic) bond motifs is 2. The second-order valence-corrected chi connectivity index (χ2v) is 8.26. The van der Waals surface area contributed by atoms with Crippen molar-refractivity contribution in [1.29, 1.82) is 0 Å². The van der Waals surface area contributed by atoms with Crippen LogP contribution in [0.1, 0.15) is 52.0 Å². The molecule has 0 aliphatic carbocycles. The van der Waals surface area contributed by atoms with Gasteiger partial charge in [-0.1, -0.05) is 67.6 Å². The van der Waals surface area contributed by atoms with Gasteiger partial charge in [0.15, 0.2) is 0 Å². The molecule has 0 aliphatic heterocycles. The van der Waals surface area contributed by atoms with E-state index in [9.17, 15) is 9.59 Å². The Kier molecular flexibility index (Phi) is 10.4. The van der Waals surface area contributed by atoms with Crippen molar-refractivity contribution in [3.05, 3.63) is 72.3 Å². The summed E-state index contributed by atoms with van der Waals surface area (Å²) in [5, 5.41) is 2.58. The summed E-state index contributed by atoms with van der Waals surface area (Å²) >= 11 is 0. The Labute approximate surface area is 212 Å². The number of ether oxygens (including phenoxy) is 4. The van der Waals surface area contributed by atoms with Gasteiger partial charge in [0, 0.05) is 21.5 Å². The molecule has 0 atom stereocenters. The second-order valence-electron chi connectivity index (χ2n) is 8.26. The third kappa shape index (κ3) is 7.11. The summed E-state index contributed by atoms with van der Waals surface area (Å²) < 4.78 is 22.1. The average Bonchev–Trinajstić information content (AvgIpc) is 2.90. The molecule has 6 nitrogen and oxygen atoms in total. The van der Waals surface area contributed by atoms with Gasteiger partial charge in [-0.3, -0.25) is 0 Å². The standard InChI is InChI=1S/C30H34O6/c1-4-7-9-13-19-33-29(31)35-27-23-15-11-12-16-24(23)28(26-21-22(6-3)17-18-25(26)27)36-30(32)34-20-14-10-8-5-2/h4-5,7-8,11-12,15-18,21H,6,9-10,13-14,19-20H2,1-3H3/b7-4+,8-5+. The van der Waals surface area contributed by atoms with Crippen LogP contribution in [-0.4, -0.2) is 25.5 Å². The van der Waals surface area contributed by atoms with Crippen LogP contribution >= 0.6 is 0 Å². The minimum Gasteiger partial charge on any atom is -0.434 e. The zero-order chi connectivity index (χ0) is 25.8. The minimum atomic E-state index is -0.768. The molecule has 0 spiro atoms. The van der Waals surface area contributed by atoms with E-state index in [1.165, 1.54) is 0 Å². The maximum Gasteiger partial charge on any atom is 0.513 e. The number of aryl methyl sites for hydroxylation is 1. The van der Waals surface area contributed by atoms with E-state index in [2.05, 4.69) is 0 Å². The second kappa shape index (κ2) is 13.9. The van der Waals surface area contributed by atoms with Crippen LogP contribution in [0.15, 0.2) is 66.8 Å². The molecule has 0 N–H and O–H groups in total. The van der Waals surface area contributed by atoms with Gasteiger partial charge in [0.25, 0.3) is 0 Å². The lowest BCUT2D eigenvalue weighted by molar-refractivity contribution is 0.0974. The Bertz CT molecular complexity index is 1240. The van der Waals surface area contributed by atoms with Crippen LogP contribution in [-0.2, 0) is 15.9 Å². The number of hydrogen-bond donors (Lipinski definition) is 0. The van der Waals surface area contributed by atoms with Gasteiger partial charge in [0.2, 0.25) is 0 Å². The van der Waals surface area contributed by atoms with E-state index in [1.54, 1.807) is 0 Å². The topological polar surface area (TPSA) is 71.1 Å². The van der Waals surface area contributed by atoms with Gasteiger partial charge in [-0.2, -0.15) is 0 Å². The molecule has 0 amide bonds. The van der Waals surface area contributed by atoms with Crippen LogP contribution in [0.4, 0.5) is 9.59 Å². The summed E-state index contributed by atoms with van der Waals surface area (Å²) in [7, 11) is 0. The first-order valence-corrected chi connectivity index (χ1v) is 12.5. The molecule has 0 aliphatic rings. The molecule has 3 aromatic rings. The maximum atomic E-state index is 12.6. The van der Waals surface area contributed by atoms with Crippen LogP contribution < -0.4 is 9.47 Å². The molecule has 0 fully saturated rings. The predicted octanol–water partition coefficient (Wildman–Crippen LogP) is 8.30. The molecule has 36 heavy (non-hydrogen) atoms. The van der Waals surface area contributed by atoms with Gasteiger partial charge < -0.3 is 18.9 Å².